The van der Waals surface area contributed by atoms with Crippen LogP contribution in [0.15, 0.2) is 24.3 Å². The van der Waals surface area contributed by atoms with Crippen LogP contribution in [0.5, 0.6) is 5.75 Å². The third-order valence-corrected chi connectivity index (χ3v) is 2.48. The average molecular weight is 307 g/mol. The number of hydrogen-bond donors (Lipinski definition) is 1. The van der Waals surface area contributed by atoms with Crippen molar-refractivity contribution in [3.8, 4) is 5.75 Å². The fourth-order valence-corrected chi connectivity index (χ4v) is 1.50. The Morgan fingerprint density at radius 3 is 2.64 bits per heavy atom. The maximum Gasteiger partial charge on any atom is 0.132 e. The maximum atomic E-state index is 5.51. The number of rotatable bonds is 6. The van der Waals surface area contributed by atoms with Crippen molar-refractivity contribution >= 4 is 22.6 Å². The molecule has 0 bridgehead atoms. The summed E-state index contributed by atoms with van der Waals surface area (Å²) in [5.74, 6) is 0.907. The molecule has 0 saturated heterocycles. The molecule has 2 N–H and O–H groups in total. The van der Waals surface area contributed by atoms with Gasteiger partial charge in [-0.15, -0.1) is 0 Å². The fraction of sp³-hybridized carbons (Fsp3) is 0.400. The fourth-order valence-electron chi connectivity index (χ4n) is 0.958. The van der Waals surface area contributed by atoms with E-state index in [0.717, 1.165) is 9.32 Å². The van der Waals surface area contributed by atoms with Gasteiger partial charge < -0.3 is 15.2 Å². The average Bonchev–Trinajstić information content (AvgIpc) is 2.20. The van der Waals surface area contributed by atoms with E-state index in [2.05, 4.69) is 22.6 Å². The highest BCUT2D eigenvalue weighted by atomic mass is 127. The third kappa shape index (κ3) is 4.26. The second kappa shape index (κ2) is 7.03. The molecule has 3 nitrogen and oxygen atoms in total. The van der Waals surface area contributed by atoms with Crippen molar-refractivity contribution in [2.24, 2.45) is 5.73 Å². The van der Waals surface area contributed by atoms with E-state index in [-0.39, 0.29) is 0 Å². The zero-order valence-electron chi connectivity index (χ0n) is 7.91. The molecule has 0 radical (unpaired) electrons. The minimum atomic E-state index is 0.558. The topological polar surface area (TPSA) is 44.5 Å². The number of para-hydroxylation sites is 1. The number of ether oxygens (including phenoxy) is 2. The van der Waals surface area contributed by atoms with Crippen molar-refractivity contribution in [3.63, 3.8) is 0 Å². The van der Waals surface area contributed by atoms with Gasteiger partial charge in [0.15, 0.2) is 0 Å². The summed E-state index contributed by atoms with van der Waals surface area (Å²) in [6.07, 6.45) is 0. The Balaban J connectivity index is 2.21. The van der Waals surface area contributed by atoms with Crippen LogP contribution in [0.1, 0.15) is 0 Å². The van der Waals surface area contributed by atoms with E-state index in [1.165, 1.54) is 0 Å². The highest BCUT2D eigenvalue weighted by Crippen LogP contribution is 2.19. The molecule has 1 aromatic rings. The van der Waals surface area contributed by atoms with E-state index in [1.54, 1.807) is 0 Å². The Kier molecular flexibility index (Phi) is 5.89. The predicted molar refractivity (Wildman–Crippen MR) is 64.5 cm³/mol. The molecule has 14 heavy (non-hydrogen) atoms. The molecule has 0 aliphatic rings. The zero-order chi connectivity index (χ0) is 10.2. The first-order valence-corrected chi connectivity index (χ1v) is 5.57. The van der Waals surface area contributed by atoms with Crippen LogP contribution in [0.3, 0.4) is 0 Å². The van der Waals surface area contributed by atoms with Gasteiger partial charge in [0.25, 0.3) is 0 Å². The van der Waals surface area contributed by atoms with Crippen molar-refractivity contribution < 1.29 is 9.47 Å². The molecule has 1 aromatic carbocycles. The maximum absolute atomic E-state index is 5.51. The van der Waals surface area contributed by atoms with Crippen molar-refractivity contribution in [1.29, 1.82) is 0 Å². The number of nitrogens with two attached hydrogens (primary N) is 1. The quantitative estimate of drug-likeness (QED) is 0.642. The monoisotopic (exact) mass is 307 g/mol. The molecule has 0 saturated carbocycles. The van der Waals surface area contributed by atoms with Crippen LogP contribution in [-0.4, -0.2) is 26.4 Å². The van der Waals surface area contributed by atoms with Crippen LogP contribution in [0.4, 0.5) is 0 Å². The summed E-state index contributed by atoms with van der Waals surface area (Å²) in [5.41, 5.74) is 5.28. The lowest BCUT2D eigenvalue weighted by Crippen LogP contribution is -2.13. The summed E-state index contributed by atoms with van der Waals surface area (Å²) >= 11 is 2.24. The standard InChI is InChI=1S/C10H14INO2/c11-9-3-1-2-4-10(9)14-8-7-13-6-5-12/h1-4H,5-8,12H2. The van der Waals surface area contributed by atoms with Crippen molar-refractivity contribution in [1.82, 2.24) is 0 Å². The van der Waals surface area contributed by atoms with Gasteiger partial charge in [-0.05, 0) is 34.7 Å². The van der Waals surface area contributed by atoms with Crippen LogP contribution < -0.4 is 10.5 Å². The highest BCUT2D eigenvalue weighted by molar-refractivity contribution is 14.1. The van der Waals surface area contributed by atoms with Crippen LogP contribution in [-0.2, 0) is 4.74 Å². The first-order chi connectivity index (χ1) is 6.84. The van der Waals surface area contributed by atoms with Gasteiger partial charge in [-0.25, -0.2) is 0 Å². The summed E-state index contributed by atoms with van der Waals surface area (Å²) in [5, 5.41) is 0. The molecule has 78 valence electrons. The van der Waals surface area contributed by atoms with Crippen molar-refractivity contribution in [2.45, 2.75) is 0 Å². The van der Waals surface area contributed by atoms with Crippen LogP contribution >= 0.6 is 22.6 Å². The van der Waals surface area contributed by atoms with Gasteiger partial charge in [-0.1, -0.05) is 12.1 Å². The van der Waals surface area contributed by atoms with Crippen molar-refractivity contribution in [2.75, 3.05) is 26.4 Å². The molecule has 0 heterocycles. The lowest BCUT2D eigenvalue weighted by Gasteiger charge is -2.07. The molecule has 0 spiro atoms. The minimum absolute atomic E-state index is 0.558. The molecule has 0 amide bonds. The van der Waals surface area contributed by atoms with Gasteiger partial charge in [-0.3, -0.25) is 0 Å². The third-order valence-electron chi connectivity index (χ3n) is 1.58. The first-order valence-electron chi connectivity index (χ1n) is 4.49. The van der Waals surface area contributed by atoms with E-state index in [0.29, 0.717) is 26.4 Å². The normalized spacial score (nSPS) is 10.1. The molecule has 0 aliphatic heterocycles. The van der Waals surface area contributed by atoms with Gasteiger partial charge in [-0.2, -0.15) is 0 Å². The van der Waals surface area contributed by atoms with Gasteiger partial charge in [0.05, 0.1) is 16.8 Å². The zero-order valence-corrected chi connectivity index (χ0v) is 10.1. The molecular formula is C10H14INO2. The number of halogens is 1. The van der Waals surface area contributed by atoms with Gasteiger partial charge in [0, 0.05) is 6.54 Å². The smallest absolute Gasteiger partial charge is 0.132 e. The van der Waals surface area contributed by atoms with Gasteiger partial charge >= 0.3 is 0 Å². The summed E-state index contributed by atoms with van der Waals surface area (Å²) in [7, 11) is 0. The Morgan fingerprint density at radius 1 is 1.14 bits per heavy atom. The van der Waals surface area contributed by atoms with Gasteiger partial charge in [0.1, 0.15) is 12.4 Å². The summed E-state index contributed by atoms with van der Waals surface area (Å²) in [6, 6.07) is 7.90. The molecule has 0 unspecified atom stereocenters. The number of hydrogen-bond acceptors (Lipinski definition) is 3. The largest absolute Gasteiger partial charge is 0.490 e. The summed E-state index contributed by atoms with van der Waals surface area (Å²) < 4.78 is 11.8. The lowest BCUT2D eigenvalue weighted by molar-refractivity contribution is 0.105. The molecular weight excluding hydrogens is 293 g/mol. The molecule has 0 atom stereocenters. The summed E-state index contributed by atoms with van der Waals surface area (Å²) in [4.78, 5) is 0. The molecule has 0 fully saturated rings. The van der Waals surface area contributed by atoms with Crippen molar-refractivity contribution in [3.05, 3.63) is 27.8 Å². The van der Waals surface area contributed by atoms with E-state index in [4.69, 9.17) is 15.2 Å². The van der Waals surface area contributed by atoms with Gasteiger partial charge in [0.2, 0.25) is 0 Å². The van der Waals surface area contributed by atoms with Crippen LogP contribution in [0, 0.1) is 3.57 Å². The van der Waals surface area contributed by atoms with E-state index >= 15 is 0 Å². The van der Waals surface area contributed by atoms with Crippen LogP contribution in [0.25, 0.3) is 0 Å². The Hall–Kier alpha value is -0.330. The first kappa shape index (κ1) is 11.7. The predicted octanol–water partition coefficient (Wildman–Crippen LogP) is 1.65. The number of benzene rings is 1. The SMILES string of the molecule is NCCOCCOc1ccccc1I. The lowest BCUT2D eigenvalue weighted by atomic mass is 10.3. The molecule has 1 rings (SSSR count). The summed E-state index contributed by atoms with van der Waals surface area (Å²) in [6.45, 7) is 2.31. The van der Waals surface area contributed by atoms with Crippen LogP contribution in [0.2, 0.25) is 0 Å². The van der Waals surface area contributed by atoms with E-state index in [1.807, 2.05) is 24.3 Å². The Bertz CT molecular complexity index is 268. The second-order valence-corrected chi connectivity index (χ2v) is 3.84. The minimum Gasteiger partial charge on any atom is -0.490 e. The van der Waals surface area contributed by atoms with E-state index < -0.39 is 0 Å². The molecule has 0 aromatic heterocycles. The Morgan fingerprint density at radius 2 is 1.93 bits per heavy atom. The highest BCUT2D eigenvalue weighted by Gasteiger charge is 1.97. The molecule has 0 aliphatic carbocycles. The molecule has 4 heteroatoms. The second-order valence-electron chi connectivity index (χ2n) is 2.68. The van der Waals surface area contributed by atoms with E-state index in [9.17, 15) is 0 Å². The Labute approximate surface area is 97.7 Å².